The molecule has 2 aromatic heterocycles. The normalized spacial score (nSPS) is 12.2. The summed E-state index contributed by atoms with van der Waals surface area (Å²) in [6.45, 7) is 4.14. The number of carbonyl (C=O) groups excluding carboxylic acids is 1. The van der Waals surface area contributed by atoms with Crippen molar-refractivity contribution in [3.8, 4) is 0 Å². The Morgan fingerprint density at radius 1 is 1.29 bits per heavy atom. The molecule has 0 bridgehead atoms. The number of halogens is 2. The van der Waals surface area contributed by atoms with E-state index in [2.05, 4.69) is 27.5 Å². The second-order valence-corrected chi connectivity index (χ2v) is 7.61. The van der Waals surface area contributed by atoms with Gasteiger partial charge in [-0.2, -0.15) is 0 Å². The molecule has 0 saturated heterocycles. The maximum Gasteiger partial charge on any atom is 0.253 e. The number of carbonyl (C=O) groups is 1. The third kappa shape index (κ3) is 4.39. The van der Waals surface area contributed by atoms with Crippen LogP contribution in [0.3, 0.4) is 0 Å². The Morgan fingerprint density at radius 3 is 2.68 bits per heavy atom. The molecule has 0 aliphatic rings. The highest BCUT2D eigenvalue weighted by atomic mass is 35.5. The number of unbranched alkanes of at least 4 members (excludes halogenated alkanes) is 1. The Bertz CT molecular complexity index is 981. The number of hydrogen-bond donors (Lipinski definition) is 2. The van der Waals surface area contributed by atoms with E-state index in [0.29, 0.717) is 38.4 Å². The SMILES string of the molecule is CCCCC(C)NC(=O)c1cnc2c(c1)nc(Nc1c(Cl)cccc1Cl)n2C. The number of pyridine rings is 1. The maximum atomic E-state index is 12.5. The third-order valence-corrected chi connectivity index (χ3v) is 5.17. The highest BCUT2D eigenvalue weighted by Gasteiger charge is 2.16. The predicted molar refractivity (Wildman–Crippen MR) is 115 cm³/mol. The van der Waals surface area contributed by atoms with Gasteiger partial charge in [0.25, 0.3) is 5.91 Å². The van der Waals surface area contributed by atoms with Crippen molar-refractivity contribution in [3.05, 3.63) is 46.1 Å². The van der Waals surface area contributed by atoms with Crippen LogP contribution in [0.4, 0.5) is 11.6 Å². The van der Waals surface area contributed by atoms with Crippen molar-refractivity contribution in [2.75, 3.05) is 5.32 Å². The van der Waals surface area contributed by atoms with Crippen LogP contribution in [0.15, 0.2) is 30.5 Å². The van der Waals surface area contributed by atoms with Gasteiger partial charge in [-0.05, 0) is 31.5 Å². The first kappa shape index (κ1) is 20.4. The van der Waals surface area contributed by atoms with Crippen LogP contribution in [0.1, 0.15) is 43.5 Å². The summed E-state index contributed by atoms with van der Waals surface area (Å²) >= 11 is 12.5. The fraction of sp³-hybridized carbons (Fsp3) is 0.350. The summed E-state index contributed by atoms with van der Waals surface area (Å²) < 4.78 is 1.79. The summed E-state index contributed by atoms with van der Waals surface area (Å²) in [5, 5.41) is 7.15. The summed E-state index contributed by atoms with van der Waals surface area (Å²) in [4.78, 5) is 21.5. The van der Waals surface area contributed by atoms with Gasteiger partial charge in [0.15, 0.2) is 5.65 Å². The summed E-state index contributed by atoms with van der Waals surface area (Å²) in [5.74, 6) is 0.388. The zero-order chi connectivity index (χ0) is 20.3. The van der Waals surface area contributed by atoms with Gasteiger partial charge in [-0.1, -0.05) is 49.0 Å². The first-order valence-electron chi connectivity index (χ1n) is 9.25. The molecule has 0 fully saturated rings. The number of anilines is 2. The van der Waals surface area contributed by atoms with Crippen molar-refractivity contribution in [2.45, 2.75) is 39.2 Å². The molecule has 6 nitrogen and oxygen atoms in total. The summed E-state index contributed by atoms with van der Waals surface area (Å²) in [5.41, 5.74) is 2.33. The highest BCUT2D eigenvalue weighted by Crippen LogP contribution is 2.32. The zero-order valence-corrected chi connectivity index (χ0v) is 17.6. The van der Waals surface area contributed by atoms with Crippen LogP contribution in [-0.2, 0) is 7.05 Å². The number of fused-ring (bicyclic) bond motifs is 1. The molecule has 2 heterocycles. The molecule has 0 aliphatic carbocycles. The molecule has 0 saturated carbocycles. The smallest absolute Gasteiger partial charge is 0.253 e. The molecule has 0 radical (unpaired) electrons. The van der Waals surface area contributed by atoms with Crippen LogP contribution >= 0.6 is 23.2 Å². The van der Waals surface area contributed by atoms with Gasteiger partial charge in [-0.15, -0.1) is 0 Å². The molecule has 28 heavy (non-hydrogen) atoms. The minimum atomic E-state index is -0.146. The Morgan fingerprint density at radius 2 is 2.00 bits per heavy atom. The minimum absolute atomic E-state index is 0.117. The number of aryl methyl sites for hydroxylation is 1. The van der Waals surface area contributed by atoms with E-state index in [0.717, 1.165) is 19.3 Å². The number of benzene rings is 1. The lowest BCUT2D eigenvalue weighted by molar-refractivity contribution is 0.0937. The summed E-state index contributed by atoms with van der Waals surface area (Å²) in [6.07, 6.45) is 4.71. The average Bonchev–Trinajstić information content (AvgIpc) is 2.98. The number of imidazole rings is 1. The van der Waals surface area contributed by atoms with Gasteiger partial charge in [0, 0.05) is 19.3 Å². The molecule has 2 N–H and O–H groups in total. The van der Waals surface area contributed by atoms with Gasteiger partial charge in [-0.3, -0.25) is 9.36 Å². The number of hydrogen-bond acceptors (Lipinski definition) is 4. The standard InChI is InChI=1S/C20H23Cl2N5O/c1-4-5-7-12(2)24-19(28)13-10-16-18(23-11-13)27(3)20(25-16)26-17-14(21)8-6-9-15(17)22/h6,8-12H,4-5,7H2,1-3H3,(H,24,28)(H,25,26). The van der Waals surface area contributed by atoms with Crippen molar-refractivity contribution >= 4 is 51.9 Å². The molecular weight excluding hydrogens is 397 g/mol. The van der Waals surface area contributed by atoms with E-state index in [1.807, 2.05) is 14.0 Å². The largest absolute Gasteiger partial charge is 0.350 e. The lowest BCUT2D eigenvalue weighted by atomic mass is 10.1. The predicted octanol–water partition coefficient (Wildman–Crippen LogP) is 5.33. The van der Waals surface area contributed by atoms with Crippen LogP contribution in [0, 0.1) is 0 Å². The van der Waals surface area contributed by atoms with E-state index in [9.17, 15) is 4.79 Å². The molecule has 1 amide bonds. The van der Waals surface area contributed by atoms with Crippen LogP contribution in [0.25, 0.3) is 11.2 Å². The number of rotatable bonds is 7. The van der Waals surface area contributed by atoms with Gasteiger partial charge in [-0.25, -0.2) is 9.97 Å². The van der Waals surface area contributed by atoms with Gasteiger partial charge >= 0.3 is 0 Å². The van der Waals surface area contributed by atoms with Gasteiger partial charge in [0.05, 0.1) is 21.3 Å². The van der Waals surface area contributed by atoms with Crippen molar-refractivity contribution in [1.82, 2.24) is 19.9 Å². The zero-order valence-electron chi connectivity index (χ0n) is 16.1. The third-order valence-electron chi connectivity index (χ3n) is 4.54. The lowest BCUT2D eigenvalue weighted by Crippen LogP contribution is -2.32. The van der Waals surface area contributed by atoms with E-state index < -0.39 is 0 Å². The van der Waals surface area contributed by atoms with E-state index in [1.165, 1.54) is 0 Å². The Kier molecular flexibility index (Phi) is 6.42. The Balaban J connectivity index is 1.84. The first-order chi connectivity index (χ1) is 13.4. The fourth-order valence-electron chi connectivity index (χ4n) is 2.93. The maximum absolute atomic E-state index is 12.5. The van der Waals surface area contributed by atoms with E-state index in [-0.39, 0.29) is 11.9 Å². The first-order valence-corrected chi connectivity index (χ1v) is 10.0. The number of aromatic nitrogens is 3. The molecule has 148 valence electrons. The number of para-hydroxylation sites is 1. The second kappa shape index (κ2) is 8.80. The summed E-state index contributed by atoms with van der Waals surface area (Å²) in [6, 6.07) is 7.13. The minimum Gasteiger partial charge on any atom is -0.350 e. The Labute approximate surface area is 174 Å². The summed E-state index contributed by atoms with van der Waals surface area (Å²) in [7, 11) is 1.84. The topological polar surface area (TPSA) is 71.8 Å². The van der Waals surface area contributed by atoms with Crippen molar-refractivity contribution in [1.29, 1.82) is 0 Å². The van der Waals surface area contributed by atoms with Crippen LogP contribution < -0.4 is 10.6 Å². The van der Waals surface area contributed by atoms with Crippen LogP contribution in [-0.4, -0.2) is 26.5 Å². The molecule has 0 aliphatic heterocycles. The lowest BCUT2D eigenvalue weighted by Gasteiger charge is -2.13. The second-order valence-electron chi connectivity index (χ2n) is 6.80. The van der Waals surface area contributed by atoms with Gasteiger partial charge in [0.1, 0.15) is 5.52 Å². The fourth-order valence-corrected chi connectivity index (χ4v) is 3.42. The van der Waals surface area contributed by atoms with Gasteiger partial charge in [0.2, 0.25) is 5.95 Å². The number of nitrogens with zero attached hydrogens (tertiary/aromatic N) is 3. The van der Waals surface area contributed by atoms with Crippen LogP contribution in [0.2, 0.25) is 10.0 Å². The molecule has 8 heteroatoms. The van der Waals surface area contributed by atoms with E-state index in [4.69, 9.17) is 23.2 Å². The van der Waals surface area contributed by atoms with E-state index >= 15 is 0 Å². The van der Waals surface area contributed by atoms with Crippen molar-refractivity contribution in [2.24, 2.45) is 7.05 Å². The molecule has 1 atom stereocenters. The monoisotopic (exact) mass is 419 g/mol. The highest BCUT2D eigenvalue weighted by molar-refractivity contribution is 6.39. The number of amides is 1. The molecule has 1 unspecified atom stereocenters. The van der Waals surface area contributed by atoms with Crippen LogP contribution in [0.5, 0.6) is 0 Å². The molecule has 1 aromatic carbocycles. The quantitative estimate of drug-likeness (QED) is 0.542. The Hall–Kier alpha value is -2.31. The molecular formula is C20H23Cl2N5O. The van der Waals surface area contributed by atoms with Crippen molar-refractivity contribution in [3.63, 3.8) is 0 Å². The molecule has 3 rings (SSSR count). The molecule has 3 aromatic rings. The number of nitrogens with one attached hydrogen (secondary N) is 2. The average molecular weight is 420 g/mol. The van der Waals surface area contributed by atoms with Crippen molar-refractivity contribution < 1.29 is 4.79 Å². The molecule has 0 spiro atoms. The van der Waals surface area contributed by atoms with E-state index in [1.54, 1.807) is 35.0 Å². The van der Waals surface area contributed by atoms with Gasteiger partial charge < -0.3 is 10.6 Å².